The van der Waals surface area contributed by atoms with Gasteiger partial charge in [-0.3, -0.25) is 4.79 Å². The molecule has 1 amide bonds. The van der Waals surface area contributed by atoms with Crippen molar-refractivity contribution in [2.75, 3.05) is 39.3 Å². The van der Waals surface area contributed by atoms with E-state index in [0.29, 0.717) is 35.6 Å². The minimum Gasteiger partial charge on any atom is -0.342 e. The number of nitrogens with zero attached hydrogens (tertiary/aromatic N) is 2. The van der Waals surface area contributed by atoms with Crippen molar-refractivity contribution in [1.29, 1.82) is 0 Å². The maximum atomic E-state index is 12.7. The van der Waals surface area contributed by atoms with Crippen LogP contribution in [-0.2, 0) is 21.2 Å². The van der Waals surface area contributed by atoms with Crippen LogP contribution in [0.15, 0.2) is 16.3 Å². The largest absolute Gasteiger partial charge is 0.342 e. The number of piperidine rings is 1. The highest BCUT2D eigenvalue weighted by atomic mass is 35.5. The summed E-state index contributed by atoms with van der Waals surface area (Å²) in [4.78, 5) is 15.4. The molecule has 0 aromatic carbocycles. The molecular weight excluding hydrogens is 394 g/mol. The van der Waals surface area contributed by atoms with Gasteiger partial charge in [0.05, 0.1) is 6.42 Å². The Morgan fingerprint density at radius 2 is 1.77 bits per heavy atom. The van der Waals surface area contributed by atoms with Crippen molar-refractivity contribution in [3.05, 3.63) is 17.0 Å². The van der Waals surface area contributed by atoms with E-state index in [-0.39, 0.29) is 18.3 Å². The van der Waals surface area contributed by atoms with Crippen molar-refractivity contribution in [2.45, 2.75) is 29.9 Å². The number of carbonyl (C=O) groups excluding carboxylic acids is 1. The van der Waals surface area contributed by atoms with Crippen LogP contribution in [0.3, 0.4) is 0 Å². The van der Waals surface area contributed by atoms with Crippen LogP contribution in [-0.4, -0.2) is 62.8 Å². The number of hydrogen-bond donors (Lipinski definition) is 1. The molecule has 0 aliphatic carbocycles. The van der Waals surface area contributed by atoms with Crippen LogP contribution < -0.4 is 5.32 Å². The predicted octanol–water partition coefficient (Wildman–Crippen LogP) is 1.56. The molecule has 3 saturated heterocycles. The number of rotatable bonds is 4. The highest BCUT2D eigenvalue weighted by Crippen LogP contribution is 2.29. The monoisotopic (exact) mass is 419 g/mol. The fraction of sp³-hybridized carbons (Fsp3) is 0.706. The lowest BCUT2D eigenvalue weighted by atomic mass is 10.0. The Morgan fingerprint density at radius 1 is 1.12 bits per heavy atom. The van der Waals surface area contributed by atoms with Gasteiger partial charge >= 0.3 is 0 Å². The molecule has 26 heavy (non-hydrogen) atoms. The van der Waals surface area contributed by atoms with E-state index in [1.54, 1.807) is 16.4 Å². The molecule has 0 saturated carbocycles. The molecule has 0 spiro atoms. The summed E-state index contributed by atoms with van der Waals surface area (Å²) in [5.74, 6) is 1.29. The van der Waals surface area contributed by atoms with Crippen LogP contribution in [0.5, 0.6) is 0 Å². The number of thiophene rings is 1. The summed E-state index contributed by atoms with van der Waals surface area (Å²) in [6, 6.07) is 3.47. The topological polar surface area (TPSA) is 69.7 Å². The fourth-order valence-corrected chi connectivity index (χ4v) is 7.16. The summed E-state index contributed by atoms with van der Waals surface area (Å²) in [5, 5.41) is 3.38. The lowest BCUT2D eigenvalue weighted by molar-refractivity contribution is -0.129. The number of amides is 1. The molecule has 2 atom stereocenters. The van der Waals surface area contributed by atoms with Crippen LogP contribution in [0.25, 0.3) is 0 Å². The molecule has 3 aliphatic heterocycles. The Balaban J connectivity index is 0.00000196. The number of likely N-dealkylation sites (tertiary alicyclic amines) is 1. The third kappa shape index (κ3) is 3.94. The first-order valence-electron chi connectivity index (χ1n) is 9.11. The van der Waals surface area contributed by atoms with E-state index >= 15 is 0 Å². The second-order valence-electron chi connectivity index (χ2n) is 7.34. The molecule has 0 radical (unpaired) electrons. The van der Waals surface area contributed by atoms with Crippen molar-refractivity contribution in [1.82, 2.24) is 14.5 Å². The van der Waals surface area contributed by atoms with Crippen LogP contribution in [0, 0.1) is 11.8 Å². The number of hydrogen-bond acceptors (Lipinski definition) is 5. The first-order valence-corrected chi connectivity index (χ1v) is 11.4. The summed E-state index contributed by atoms with van der Waals surface area (Å²) in [5.41, 5.74) is 0. The molecular formula is C17H26ClN3O3S2. The molecule has 4 rings (SSSR count). The second-order valence-corrected chi connectivity index (χ2v) is 10.7. The van der Waals surface area contributed by atoms with Gasteiger partial charge in [0.25, 0.3) is 10.0 Å². The average molecular weight is 420 g/mol. The normalized spacial score (nSPS) is 26.5. The SMILES string of the molecule is Cl.O=C(Cc1ccc(S(=O)(=O)N2CCCCC2)s1)N1C[C@H]2CNC[C@H]2C1. The van der Waals surface area contributed by atoms with Gasteiger partial charge in [0.1, 0.15) is 4.21 Å². The third-order valence-corrected chi connectivity index (χ3v) is 9.07. The summed E-state index contributed by atoms with van der Waals surface area (Å²) < 4.78 is 27.4. The third-order valence-electron chi connectivity index (χ3n) is 5.61. The molecule has 3 aliphatic rings. The van der Waals surface area contributed by atoms with Crippen LogP contribution in [0.2, 0.25) is 0 Å². The van der Waals surface area contributed by atoms with Crippen molar-refractivity contribution in [2.24, 2.45) is 11.8 Å². The van der Waals surface area contributed by atoms with Gasteiger partial charge in [-0.2, -0.15) is 4.31 Å². The van der Waals surface area contributed by atoms with Crippen LogP contribution in [0.1, 0.15) is 24.1 Å². The van der Waals surface area contributed by atoms with Crippen LogP contribution in [0.4, 0.5) is 0 Å². The van der Waals surface area contributed by atoms with Gasteiger partial charge in [-0.15, -0.1) is 23.7 Å². The summed E-state index contributed by atoms with van der Waals surface area (Å²) in [6.45, 7) is 4.90. The lowest BCUT2D eigenvalue weighted by Gasteiger charge is -2.25. The highest BCUT2D eigenvalue weighted by Gasteiger charge is 2.38. The smallest absolute Gasteiger partial charge is 0.252 e. The zero-order chi connectivity index (χ0) is 17.4. The van der Waals surface area contributed by atoms with E-state index in [4.69, 9.17) is 0 Å². The van der Waals surface area contributed by atoms with Crippen LogP contribution >= 0.6 is 23.7 Å². The molecule has 0 bridgehead atoms. The predicted molar refractivity (Wildman–Crippen MR) is 104 cm³/mol. The Morgan fingerprint density at radius 3 is 2.42 bits per heavy atom. The van der Waals surface area contributed by atoms with Gasteiger partial charge < -0.3 is 10.2 Å². The highest BCUT2D eigenvalue weighted by molar-refractivity contribution is 7.91. The zero-order valence-corrected chi connectivity index (χ0v) is 17.2. The first-order chi connectivity index (χ1) is 12.0. The number of fused-ring (bicyclic) bond motifs is 1. The Labute approximate surface area is 165 Å². The molecule has 3 fully saturated rings. The molecule has 1 aromatic heterocycles. The number of carbonyl (C=O) groups is 1. The standard InChI is InChI=1S/C17H25N3O3S2.ClH/c21-16(19-11-13-9-18-10-14(13)12-19)8-15-4-5-17(24-15)25(22,23)20-6-2-1-3-7-20;/h4-5,13-14,18H,1-3,6-12H2;1H/t13-,14+;. The minimum absolute atomic E-state index is 0. The first kappa shape index (κ1) is 20.1. The maximum Gasteiger partial charge on any atom is 0.252 e. The van der Waals surface area contributed by atoms with Gasteiger partial charge in [0.15, 0.2) is 0 Å². The Kier molecular flexibility index (Phi) is 6.29. The second kappa shape index (κ2) is 8.14. The maximum absolute atomic E-state index is 12.7. The van der Waals surface area contributed by atoms with E-state index < -0.39 is 10.0 Å². The Hall–Kier alpha value is -0.670. The van der Waals surface area contributed by atoms with Gasteiger partial charge in [-0.25, -0.2) is 8.42 Å². The fourth-order valence-electron chi connectivity index (χ4n) is 4.14. The molecule has 6 nitrogen and oxygen atoms in total. The number of nitrogens with one attached hydrogen (secondary N) is 1. The summed E-state index contributed by atoms with van der Waals surface area (Å²) in [7, 11) is -3.39. The van der Waals surface area contributed by atoms with Gasteiger partial charge in [-0.1, -0.05) is 6.42 Å². The zero-order valence-electron chi connectivity index (χ0n) is 14.7. The number of sulfonamides is 1. The van der Waals surface area contributed by atoms with Crippen molar-refractivity contribution in [3.63, 3.8) is 0 Å². The minimum atomic E-state index is -3.39. The van der Waals surface area contributed by atoms with Crippen molar-refractivity contribution >= 4 is 39.7 Å². The van der Waals surface area contributed by atoms with Gasteiger partial charge in [0.2, 0.25) is 5.91 Å². The molecule has 1 aromatic rings. The molecule has 4 heterocycles. The summed E-state index contributed by atoms with van der Waals surface area (Å²) in [6.07, 6.45) is 3.28. The lowest BCUT2D eigenvalue weighted by Crippen LogP contribution is -2.35. The van der Waals surface area contributed by atoms with E-state index in [1.165, 1.54) is 11.3 Å². The molecule has 0 unspecified atom stereocenters. The molecule has 9 heteroatoms. The molecule has 1 N–H and O–H groups in total. The van der Waals surface area contributed by atoms with E-state index in [9.17, 15) is 13.2 Å². The van der Waals surface area contributed by atoms with Gasteiger partial charge in [-0.05, 0) is 36.8 Å². The van der Waals surface area contributed by atoms with Crippen molar-refractivity contribution < 1.29 is 13.2 Å². The number of halogens is 1. The van der Waals surface area contributed by atoms with Crippen molar-refractivity contribution in [3.8, 4) is 0 Å². The van der Waals surface area contributed by atoms with E-state index in [2.05, 4.69) is 5.32 Å². The Bertz CT molecular complexity index is 734. The average Bonchev–Trinajstić information content (AvgIpc) is 3.31. The summed E-state index contributed by atoms with van der Waals surface area (Å²) >= 11 is 1.25. The van der Waals surface area contributed by atoms with E-state index in [1.807, 2.05) is 4.90 Å². The van der Waals surface area contributed by atoms with E-state index in [0.717, 1.165) is 50.3 Å². The molecule has 146 valence electrons. The van der Waals surface area contributed by atoms with Gasteiger partial charge in [0, 0.05) is 44.1 Å². The quantitative estimate of drug-likeness (QED) is 0.804.